The van der Waals surface area contributed by atoms with Gasteiger partial charge in [-0.25, -0.2) is 4.79 Å². The van der Waals surface area contributed by atoms with Crippen molar-refractivity contribution in [2.24, 2.45) is 5.73 Å². The molecule has 1 unspecified atom stereocenters. The summed E-state index contributed by atoms with van der Waals surface area (Å²) in [7, 11) is 0. The first-order chi connectivity index (χ1) is 7.08. The fraction of sp³-hybridized carbons (Fsp3) is 0.778. The average molecular weight is 213 g/mol. The molecule has 1 aliphatic rings. The van der Waals surface area contributed by atoms with Crippen LogP contribution in [-0.2, 0) is 10.3 Å². The number of hydrogen-bond acceptors (Lipinski definition) is 5. The summed E-state index contributed by atoms with van der Waals surface area (Å²) in [5, 5.41) is 3.56. The summed E-state index contributed by atoms with van der Waals surface area (Å²) in [6.07, 6.45) is 3.70. The van der Waals surface area contributed by atoms with Crippen LogP contribution in [0.4, 0.5) is 0 Å². The van der Waals surface area contributed by atoms with Gasteiger partial charge in [0.15, 0.2) is 5.82 Å². The second kappa shape index (κ2) is 3.79. The molecule has 6 nitrogen and oxygen atoms in total. The number of nitrogens with two attached hydrogens (primary N) is 1. The van der Waals surface area contributed by atoms with Gasteiger partial charge in [-0.05, 0) is 26.2 Å². The number of ether oxygens (including phenoxy) is 1. The Balaban J connectivity index is 1.95. The third-order valence-electron chi connectivity index (χ3n) is 2.65. The maximum atomic E-state index is 10.8. The molecule has 6 heteroatoms. The van der Waals surface area contributed by atoms with Crippen LogP contribution in [0, 0.1) is 0 Å². The fourth-order valence-electron chi connectivity index (χ4n) is 1.37. The highest BCUT2D eigenvalue weighted by molar-refractivity contribution is 4.99. The van der Waals surface area contributed by atoms with Gasteiger partial charge in [-0.2, -0.15) is 0 Å². The van der Waals surface area contributed by atoms with Crippen LogP contribution in [0.15, 0.2) is 9.32 Å². The van der Waals surface area contributed by atoms with Crippen LogP contribution in [0.1, 0.15) is 32.0 Å². The molecule has 0 radical (unpaired) electrons. The van der Waals surface area contributed by atoms with Gasteiger partial charge in [0.1, 0.15) is 0 Å². The first-order valence-electron chi connectivity index (χ1n) is 5.05. The highest BCUT2D eigenvalue weighted by atomic mass is 16.5. The number of nitrogens with one attached hydrogen (secondary N) is 1. The lowest BCUT2D eigenvalue weighted by Gasteiger charge is -2.29. The Morgan fingerprint density at radius 3 is 2.93 bits per heavy atom. The molecule has 1 aliphatic carbocycles. The SMILES string of the molecule is CC(N)(COC1CCC1)c1noc(=O)[nH]1. The van der Waals surface area contributed by atoms with Gasteiger partial charge in [0.05, 0.1) is 18.2 Å². The van der Waals surface area contributed by atoms with Crippen LogP contribution in [0.2, 0.25) is 0 Å². The zero-order chi connectivity index (χ0) is 10.9. The van der Waals surface area contributed by atoms with Crippen LogP contribution >= 0.6 is 0 Å². The van der Waals surface area contributed by atoms with Crippen LogP contribution in [0.25, 0.3) is 0 Å². The molecule has 1 aromatic heterocycles. The molecule has 1 heterocycles. The molecule has 84 valence electrons. The molecule has 0 spiro atoms. The predicted octanol–water partition coefficient (Wildman–Crippen LogP) is 0.106. The van der Waals surface area contributed by atoms with Gasteiger partial charge in [0, 0.05) is 0 Å². The van der Waals surface area contributed by atoms with Crippen LogP contribution in [0.3, 0.4) is 0 Å². The smallest absolute Gasteiger partial charge is 0.376 e. The summed E-state index contributed by atoms with van der Waals surface area (Å²) in [5.41, 5.74) is 5.16. The summed E-state index contributed by atoms with van der Waals surface area (Å²) in [6, 6.07) is 0. The van der Waals surface area contributed by atoms with Crippen molar-refractivity contribution in [1.82, 2.24) is 10.1 Å². The van der Waals surface area contributed by atoms with Gasteiger partial charge in [-0.3, -0.25) is 9.51 Å². The topological polar surface area (TPSA) is 94.1 Å². The van der Waals surface area contributed by atoms with Gasteiger partial charge in [-0.1, -0.05) is 5.16 Å². The lowest BCUT2D eigenvalue weighted by atomic mass is 9.95. The van der Waals surface area contributed by atoms with Gasteiger partial charge in [0.2, 0.25) is 0 Å². The van der Waals surface area contributed by atoms with Crippen molar-refractivity contribution in [2.75, 3.05) is 6.61 Å². The van der Waals surface area contributed by atoms with Crippen molar-refractivity contribution in [3.63, 3.8) is 0 Å². The minimum Gasteiger partial charge on any atom is -0.376 e. The fourth-order valence-corrected chi connectivity index (χ4v) is 1.37. The minimum absolute atomic E-state index is 0.312. The first kappa shape index (κ1) is 10.4. The molecule has 1 saturated carbocycles. The number of aromatic nitrogens is 2. The second-order valence-corrected chi connectivity index (χ2v) is 4.23. The van der Waals surface area contributed by atoms with Crippen LogP contribution < -0.4 is 11.5 Å². The Labute approximate surface area is 86.8 Å². The maximum Gasteiger partial charge on any atom is 0.438 e. The van der Waals surface area contributed by atoms with Crippen molar-refractivity contribution in [2.45, 2.75) is 37.8 Å². The average Bonchev–Trinajstić information content (AvgIpc) is 2.49. The van der Waals surface area contributed by atoms with E-state index in [9.17, 15) is 4.79 Å². The molecule has 2 rings (SSSR count). The number of nitrogens with zero attached hydrogens (tertiary/aromatic N) is 1. The van der Waals surface area contributed by atoms with Crippen LogP contribution in [0.5, 0.6) is 0 Å². The molecule has 3 N–H and O–H groups in total. The molecule has 0 aromatic carbocycles. The van der Waals surface area contributed by atoms with Crippen molar-refractivity contribution in [3.8, 4) is 0 Å². The normalized spacial score (nSPS) is 20.9. The maximum absolute atomic E-state index is 10.8. The number of H-pyrrole nitrogens is 1. The van der Waals surface area contributed by atoms with E-state index >= 15 is 0 Å². The van der Waals surface area contributed by atoms with E-state index in [2.05, 4.69) is 14.7 Å². The molecule has 0 bridgehead atoms. The Morgan fingerprint density at radius 2 is 2.47 bits per heavy atom. The third kappa shape index (κ3) is 2.27. The van der Waals surface area contributed by atoms with Crippen molar-refractivity contribution in [1.29, 1.82) is 0 Å². The Morgan fingerprint density at radius 1 is 1.73 bits per heavy atom. The highest BCUT2D eigenvalue weighted by Gasteiger charge is 2.29. The Hall–Kier alpha value is -1.14. The van der Waals surface area contributed by atoms with Crippen LogP contribution in [-0.4, -0.2) is 22.9 Å². The lowest BCUT2D eigenvalue weighted by molar-refractivity contribution is -0.0222. The number of rotatable bonds is 4. The monoisotopic (exact) mass is 213 g/mol. The third-order valence-corrected chi connectivity index (χ3v) is 2.65. The summed E-state index contributed by atoms with van der Waals surface area (Å²) in [6.45, 7) is 2.08. The standard InChI is InChI=1S/C9H15N3O3/c1-9(10,5-14-6-3-2-4-6)7-11-8(13)15-12-7/h6H,2-5,10H2,1H3,(H,11,12,13). The first-order valence-corrected chi connectivity index (χ1v) is 5.05. The number of hydrogen-bond donors (Lipinski definition) is 2. The zero-order valence-corrected chi connectivity index (χ0v) is 8.66. The molecular weight excluding hydrogens is 198 g/mol. The van der Waals surface area contributed by atoms with E-state index in [4.69, 9.17) is 10.5 Å². The molecule has 1 aromatic rings. The Kier molecular flexibility index (Phi) is 2.62. The van der Waals surface area contributed by atoms with E-state index in [1.54, 1.807) is 6.92 Å². The summed E-state index contributed by atoms with van der Waals surface area (Å²) >= 11 is 0. The number of aromatic amines is 1. The van der Waals surface area contributed by atoms with E-state index in [0.29, 0.717) is 18.5 Å². The largest absolute Gasteiger partial charge is 0.438 e. The van der Waals surface area contributed by atoms with E-state index in [1.165, 1.54) is 6.42 Å². The highest BCUT2D eigenvalue weighted by Crippen LogP contribution is 2.24. The summed E-state index contributed by atoms with van der Waals surface area (Å²) in [4.78, 5) is 13.2. The van der Waals surface area contributed by atoms with E-state index < -0.39 is 11.3 Å². The molecule has 1 fully saturated rings. The van der Waals surface area contributed by atoms with Crippen molar-refractivity contribution in [3.05, 3.63) is 16.4 Å². The second-order valence-electron chi connectivity index (χ2n) is 4.23. The summed E-state index contributed by atoms with van der Waals surface area (Å²) in [5.74, 6) is -0.267. The lowest BCUT2D eigenvalue weighted by Crippen LogP contribution is -2.41. The molecular formula is C9H15N3O3. The quantitative estimate of drug-likeness (QED) is 0.740. The predicted molar refractivity (Wildman–Crippen MR) is 52.3 cm³/mol. The van der Waals surface area contributed by atoms with E-state index in [0.717, 1.165) is 12.8 Å². The van der Waals surface area contributed by atoms with Gasteiger partial charge >= 0.3 is 5.76 Å². The zero-order valence-electron chi connectivity index (χ0n) is 8.66. The molecule has 0 amide bonds. The van der Waals surface area contributed by atoms with Crippen molar-refractivity contribution >= 4 is 0 Å². The van der Waals surface area contributed by atoms with Gasteiger partial charge < -0.3 is 10.5 Å². The molecule has 1 atom stereocenters. The van der Waals surface area contributed by atoms with Crippen molar-refractivity contribution < 1.29 is 9.26 Å². The molecule has 0 aliphatic heterocycles. The molecule has 0 saturated heterocycles. The Bertz CT molecular complexity index is 378. The van der Waals surface area contributed by atoms with Gasteiger partial charge in [0.25, 0.3) is 0 Å². The summed E-state index contributed by atoms with van der Waals surface area (Å²) < 4.78 is 9.98. The molecule has 15 heavy (non-hydrogen) atoms. The van der Waals surface area contributed by atoms with E-state index in [-0.39, 0.29) is 0 Å². The van der Waals surface area contributed by atoms with E-state index in [1.807, 2.05) is 0 Å². The van der Waals surface area contributed by atoms with Gasteiger partial charge in [-0.15, -0.1) is 0 Å². The minimum atomic E-state index is -0.804.